The van der Waals surface area contributed by atoms with Gasteiger partial charge < -0.3 is 10.2 Å². The number of unbranched alkanes of at least 4 members (excludes halogenated alkanes) is 30. The van der Waals surface area contributed by atoms with Crippen LogP contribution in [0.15, 0.2) is 24.3 Å². The summed E-state index contributed by atoms with van der Waals surface area (Å²) in [6.07, 6.45) is 54.2. The average molecular weight is 677 g/mol. The fraction of sp³-hybridized carbons (Fsp3) is 0.864. The van der Waals surface area contributed by atoms with Crippen molar-refractivity contribution in [3.05, 3.63) is 24.3 Å². The maximum Gasteiger partial charge on any atom is 0.303 e. The van der Waals surface area contributed by atoms with Gasteiger partial charge in [0.2, 0.25) is 0 Å². The Hall–Kier alpha value is -1.58. The summed E-state index contributed by atoms with van der Waals surface area (Å²) >= 11 is 0. The molecule has 0 radical (unpaired) electrons. The van der Waals surface area contributed by atoms with Gasteiger partial charge in [0.05, 0.1) is 0 Å². The van der Waals surface area contributed by atoms with Gasteiger partial charge in [0, 0.05) is 12.8 Å². The van der Waals surface area contributed by atoms with Crippen molar-refractivity contribution in [2.24, 2.45) is 0 Å². The second-order valence-corrected chi connectivity index (χ2v) is 14.3. The molecule has 0 aromatic heterocycles. The molecule has 0 fully saturated rings. The van der Waals surface area contributed by atoms with Gasteiger partial charge in [0.15, 0.2) is 0 Å². The quantitative estimate of drug-likeness (QED) is 0.0504. The predicted molar refractivity (Wildman–Crippen MR) is 211 cm³/mol. The molecule has 0 unspecified atom stereocenters. The minimum absolute atomic E-state index is 0.338. The maximum atomic E-state index is 10.4. The van der Waals surface area contributed by atoms with E-state index in [1.165, 1.54) is 193 Å². The number of carboxylic acid groups (broad SMARTS) is 2. The predicted octanol–water partition coefficient (Wildman–Crippen LogP) is 15.3. The summed E-state index contributed by atoms with van der Waals surface area (Å²) in [5.74, 6) is -1.31. The Morgan fingerprint density at radius 2 is 0.500 bits per heavy atom. The van der Waals surface area contributed by atoms with Gasteiger partial charge in [-0.05, 0) is 64.2 Å². The third kappa shape index (κ3) is 51.3. The van der Waals surface area contributed by atoms with Crippen LogP contribution in [0.4, 0.5) is 0 Å². The van der Waals surface area contributed by atoms with Crippen LogP contribution in [0.2, 0.25) is 0 Å². The molecule has 0 spiro atoms. The van der Waals surface area contributed by atoms with E-state index < -0.39 is 11.9 Å². The molecule has 2 N–H and O–H groups in total. The Kier molecular flexibility index (Phi) is 45.9. The second kappa shape index (κ2) is 45.4. The number of allylic oxidation sites excluding steroid dienone is 4. The van der Waals surface area contributed by atoms with Crippen LogP contribution in [0, 0.1) is 0 Å². The fourth-order valence-electron chi connectivity index (χ4n) is 6.11. The third-order valence-corrected chi connectivity index (χ3v) is 9.30. The molecule has 0 atom stereocenters. The summed E-state index contributed by atoms with van der Waals surface area (Å²) in [7, 11) is 0. The first-order chi connectivity index (χ1) is 23.5. The molecule has 0 aromatic carbocycles. The molecule has 48 heavy (non-hydrogen) atoms. The van der Waals surface area contributed by atoms with Gasteiger partial charge >= 0.3 is 11.9 Å². The number of hydrogen-bond acceptors (Lipinski definition) is 2. The van der Waals surface area contributed by atoms with Gasteiger partial charge in [-0.2, -0.15) is 0 Å². The van der Waals surface area contributed by atoms with E-state index in [9.17, 15) is 9.59 Å². The third-order valence-electron chi connectivity index (χ3n) is 9.30. The highest BCUT2D eigenvalue weighted by Gasteiger charge is 1.98. The summed E-state index contributed by atoms with van der Waals surface area (Å²) in [5, 5.41) is 17.1. The molecule has 4 heteroatoms. The number of aliphatic carboxylic acids is 2. The summed E-state index contributed by atoms with van der Waals surface area (Å²) < 4.78 is 0. The van der Waals surface area contributed by atoms with Crippen LogP contribution in [0.25, 0.3) is 0 Å². The number of rotatable bonds is 38. The first kappa shape index (κ1) is 48.5. The Balaban J connectivity index is 0. The summed E-state index contributed by atoms with van der Waals surface area (Å²) in [6.45, 7) is 4.55. The Bertz CT molecular complexity index is 683. The smallest absolute Gasteiger partial charge is 0.303 e. The van der Waals surface area contributed by atoms with E-state index in [1.54, 1.807) is 0 Å². The van der Waals surface area contributed by atoms with Crippen molar-refractivity contribution < 1.29 is 19.8 Å². The second-order valence-electron chi connectivity index (χ2n) is 14.3. The summed E-state index contributed by atoms with van der Waals surface area (Å²) in [6, 6.07) is 0. The van der Waals surface area contributed by atoms with Crippen molar-refractivity contribution >= 4 is 11.9 Å². The van der Waals surface area contributed by atoms with Crippen LogP contribution in [-0.2, 0) is 9.59 Å². The standard InChI is InChI=1S/2C22H42O2/c2*1-2-3-4-5-6-7-8-9-10-11-12-13-14-15-16-17-18-19-20-21-22(23)24/h10-11H,2-9,12-21H2,1H3,(H,23,24);9-10H,2-8,11-21H2,1H3,(H,23,24). The van der Waals surface area contributed by atoms with Gasteiger partial charge in [-0.15, -0.1) is 0 Å². The maximum absolute atomic E-state index is 10.4. The Labute approximate surface area is 300 Å². The van der Waals surface area contributed by atoms with E-state index in [0.29, 0.717) is 12.8 Å². The van der Waals surface area contributed by atoms with Gasteiger partial charge in [0.1, 0.15) is 0 Å². The number of carbonyl (C=O) groups is 2. The monoisotopic (exact) mass is 677 g/mol. The van der Waals surface area contributed by atoms with Crippen molar-refractivity contribution in [1.29, 1.82) is 0 Å². The zero-order valence-corrected chi connectivity index (χ0v) is 32.5. The first-order valence-electron chi connectivity index (χ1n) is 21.3. The SMILES string of the molecule is CCCCCCCCC=CCCCCCCCCCCCC(=O)O.CCCCCCCCCC=CCCCCCCCCCCC(=O)O. The molecule has 0 aliphatic heterocycles. The van der Waals surface area contributed by atoms with Gasteiger partial charge in [-0.1, -0.05) is 192 Å². The van der Waals surface area contributed by atoms with Crippen molar-refractivity contribution in [1.82, 2.24) is 0 Å². The molecule has 0 saturated heterocycles. The van der Waals surface area contributed by atoms with Crippen molar-refractivity contribution in [3.8, 4) is 0 Å². The van der Waals surface area contributed by atoms with Crippen molar-refractivity contribution in [3.63, 3.8) is 0 Å². The number of carboxylic acids is 2. The lowest BCUT2D eigenvalue weighted by atomic mass is 10.1. The van der Waals surface area contributed by atoms with Crippen LogP contribution in [0.1, 0.15) is 245 Å². The highest BCUT2D eigenvalue weighted by Crippen LogP contribution is 2.14. The average Bonchev–Trinajstić information content (AvgIpc) is 3.07. The van der Waals surface area contributed by atoms with Gasteiger partial charge in [-0.25, -0.2) is 0 Å². The summed E-state index contributed by atoms with van der Waals surface area (Å²) in [4.78, 5) is 20.8. The molecule has 0 rings (SSSR count). The molecule has 0 aliphatic carbocycles. The van der Waals surface area contributed by atoms with Crippen LogP contribution in [0.5, 0.6) is 0 Å². The van der Waals surface area contributed by atoms with Crippen LogP contribution >= 0.6 is 0 Å². The van der Waals surface area contributed by atoms with Gasteiger partial charge in [-0.3, -0.25) is 9.59 Å². The van der Waals surface area contributed by atoms with Crippen molar-refractivity contribution in [2.75, 3.05) is 0 Å². The minimum atomic E-state index is -0.657. The van der Waals surface area contributed by atoms with Crippen LogP contribution < -0.4 is 0 Å². The summed E-state index contributed by atoms with van der Waals surface area (Å²) in [5.41, 5.74) is 0. The Morgan fingerprint density at radius 1 is 0.312 bits per heavy atom. The fourth-order valence-corrected chi connectivity index (χ4v) is 6.11. The lowest BCUT2D eigenvalue weighted by Gasteiger charge is -2.01. The molecular formula is C44H84O4. The van der Waals surface area contributed by atoms with E-state index in [0.717, 1.165) is 25.7 Å². The number of hydrogen-bond donors (Lipinski definition) is 2. The molecule has 0 amide bonds. The topological polar surface area (TPSA) is 74.6 Å². The van der Waals surface area contributed by atoms with Crippen LogP contribution in [0.3, 0.4) is 0 Å². The lowest BCUT2D eigenvalue weighted by molar-refractivity contribution is -0.138. The van der Waals surface area contributed by atoms with Gasteiger partial charge in [0.25, 0.3) is 0 Å². The molecule has 4 nitrogen and oxygen atoms in total. The molecule has 0 saturated carbocycles. The normalized spacial score (nSPS) is 11.4. The van der Waals surface area contributed by atoms with E-state index in [4.69, 9.17) is 10.2 Å². The van der Waals surface area contributed by atoms with Crippen molar-refractivity contribution in [2.45, 2.75) is 245 Å². The highest BCUT2D eigenvalue weighted by molar-refractivity contribution is 5.66. The zero-order chi connectivity index (χ0) is 35.4. The zero-order valence-electron chi connectivity index (χ0n) is 32.5. The molecule has 284 valence electrons. The lowest BCUT2D eigenvalue weighted by Crippen LogP contribution is -1.93. The van der Waals surface area contributed by atoms with E-state index in [1.807, 2.05) is 0 Å². The molecular weight excluding hydrogens is 592 g/mol. The molecule has 0 heterocycles. The first-order valence-corrected chi connectivity index (χ1v) is 21.3. The molecule has 0 aliphatic rings. The molecule has 0 aromatic rings. The largest absolute Gasteiger partial charge is 0.481 e. The van der Waals surface area contributed by atoms with E-state index in [-0.39, 0.29) is 0 Å². The minimum Gasteiger partial charge on any atom is -0.481 e. The molecule has 0 bridgehead atoms. The van der Waals surface area contributed by atoms with Crippen LogP contribution in [-0.4, -0.2) is 22.2 Å². The Morgan fingerprint density at radius 3 is 0.708 bits per heavy atom. The van der Waals surface area contributed by atoms with E-state index >= 15 is 0 Å². The van der Waals surface area contributed by atoms with E-state index in [2.05, 4.69) is 38.2 Å². The highest BCUT2D eigenvalue weighted by atomic mass is 16.4.